The van der Waals surface area contributed by atoms with Crippen LogP contribution < -0.4 is 5.73 Å². The van der Waals surface area contributed by atoms with Crippen molar-refractivity contribution < 1.29 is 13.2 Å². The van der Waals surface area contributed by atoms with Crippen molar-refractivity contribution in [3.63, 3.8) is 0 Å². The molecule has 0 bridgehead atoms. The third kappa shape index (κ3) is 3.09. The average Bonchev–Trinajstić information content (AvgIpc) is 2.39. The second-order valence-electron chi connectivity index (χ2n) is 5.54. The van der Waals surface area contributed by atoms with Crippen LogP contribution in [0.3, 0.4) is 0 Å². The van der Waals surface area contributed by atoms with Gasteiger partial charge in [-0.3, -0.25) is 4.79 Å². The Morgan fingerprint density at radius 1 is 1.11 bits per heavy atom. The molecule has 7 heteroatoms. The molecule has 6 nitrogen and oxygen atoms in total. The molecule has 0 aromatic rings. The highest BCUT2D eigenvalue weighted by Gasteiger charge is 2.37. The van der Waals surface area contributed by atoms with Crippen LogP contribution in [0.4, 0.5) is 0 Å². The second kappa shape index (κ2) is 5.76. The zero-order chi connectivity index (χ0) is 14.0. The fourth-order valence-corrected chi connectivity index (χ4v) is 4.82. The molecule has 2 aliphatic rings. The molecule has 0 unspecified atom stereocenters. The molecule has 19 heavy (non-hydrogen) atoms. The number of hydrogen-bond donors (Lipinski definition) is 1. The summed E-state index contributed by atoms with van der Waals surface area (Å²) in [5, 5.41) is 0. The fourth-order valence-electron chi connectivity index (χ4n) is 2.93. The number of nitrogens with zero attached hydrogens (tertiary/aromatic N) is 2. The van der Waals surface area contributed by atoms with Crippen LogP contribution in [0.1, 0.15) is 39.0 Å². The Morgan fingerprint density at radius 2 is 1.74 bits per heavy atom. The van der Waals surface area contributed by atoms with Gasteiger partial charge in [-0.2, -0.15) is 17.0 Å². The molecule has 0 radical (unpaired) electrons. The number of amides is 1. The molecule has 1 amide bonds. The number of nitrogens with two attached hydrogens (primary N) is 1. The molecular formula is C12H23N3O3S. The summed E-state index contributed by atoms with van der Waals surface area (Å²) in [6.45, 7) is 3.38. The number of piperidine rings is 2. The summed E-state index contributed by atoms with van der Waals surface area (Å²) in [5.74, 6) is -0.492. The summed E-state index contributed by atoms with van der Waals surface area (Å²) in [7, 11) is -3.37. The summed E-state index contributed by atoms with van der Waals surface area (Å²) in [6, 6.07) is 0.0765. The molecule has 0 spiro atoms. The van der Waals surface area contributed by atoms with Crippen molar-refractivity contribution in [2.45, 2.75) is 45.1 Å². The Hall–Kier alpha value is -0.660. The van der Waals surface area contributed by atoms with Gasteiger partial charge in [0.15, 0.2) is 0 Å². The average molecular weight is 289 g/mol. The standard InChI is InChI=1S/C12H23N3O3S/c1-10-4-2-3-7-15(10)19(17,18)14-8-5-11(6-9-14)12(13)16/h10-11H,2-9H2,1H3,(H2,13,16)/t10-/m1/s1. The van der Waals surface area contributed by atoms with Crippen molar-refractivity contribution in [2.75, 3.05) is 19.6 Å². The van der Waals surface area contributed by atoms with Gasteiger partial charge in [-0.1, -0.05) is 6.42 Å². The lowest BCUT2D eigenvalue weighted by Crippen LogP contribution is -2.52. The van der Waals surface area contributed by atoms with Crippen LogP contribution in [0.15, 0.2) is 0 Å². The third-order valence-corrected chi connectivity index (χ3v) is 6.37. The maximum atomic E-state index is 12.6. The predicted octanol–water partition coefficient (Wildman–Crippen LogP) is 0.303. The van der Waals surface area contributed by atoms with E-state index in [1.165, 1.54) is 4.31 Å². The summed E-state index contributed by atoms with van der Waals surface area (Å²) >= 11 is 0. The smallest absolute Gasteiger partial charge is 0.282 e. The maximum Gasteiger partial charge on any atom is 0.282 e. The van der Waals surface area contributed by atoms with E-state index in [-0.39, 0.29) is 17.9 Å². The van der Waals surface area contributed by atoms with Crippen molar-refractivity contribution in [1.29, 1.82) is 0 Å². The summed E-state index contributed by atoms with van der Waals surface area (Å²) in [6.07, 6.45) is 4.03. The van der Waals surface area contributed by atoms with Gasteiger partial charge in [0.2, 0.25) is 5.91 Å². The molecule has 2 aliphatic heterocycles. The zero-order valence-corrected chi connectivity index (χ0v) is 12.2. The highest BCUT2D eigenvalue weighted by atomic mass is 32.2. The van der Waals surface area contributed by atoms with E-state index >= 15 is 0 Å². The Kier molecular flexibility index (Phi) is 4.47. The molecule has 110 valence electrons. The van der Waals surface area contributed by atoms with Crippen molar-refractivity contribution in [3.05, 3.63) is 0 Å². The third-order valence-electron chi connectivity index (χ3n) is 4.22. The van der Waals surface area contributed by atoms with Gasteiger partial charge in [0.25, 0.3) is 10.2 Å². The van der Waals surface area contributed by atoms with Gasteiger partial charge < -0.3 is 5.73 Å². The SMILES string of the molecule is C[C@@H]1CCCCN1S(=O)(=O)N1CCC(C(N)=O)CC1. The van der Waals surface area contributed by atoms with E-state index in [1.54, 1.807) is 4.31 Å². The van der Waals surface area contributed by atoms with Gasteiger partial charge >= 0.3 is 0 Å². The monoisotopic (exact) mass is 289 g/mol. The van der Waals surface area contributed by atoms with Crippen LogP contribution in [0.5, 0.6) is 0 Å². The Bertz CT molecular complexity index is 430. The van der Waals surface area contributed by atoms with Crippen LogP contribution in [0, 0.1) is 5.92 Å². The summed E-state index contributed by atoms with van der Waals surface area (Å²) in [5.41, 5.74) is 5.27. The van der Waals surface area contributed by atoms with Crippen LogP contribution in [-0.4, -0.2) is 48.6 Å². The van der Waals surface area contributed by atoms with Crippen LogP contribution >= 0.6 is 0 Å². The van der Waals surface area contributed by atoms with Gasteiger partial charge in [-0.25, -0.2) is 0 Å². The van der Waals surface area contributed by atoms with Crippen molar-refractivity contribution >= 4 is 16.1 Å². The second-order valence-corrected chi connectivity index (χ2v) is 7.42. The summed E-state index contributed by atoms with van der Waals surface area (Å²) in [4.78, 5) is 11.1. The first kappa shape index (κ1) is 14.7. The minimum absolute atomic E-state index is 0.0765. The molecule has 1 atom stereocenters. The van der Waals surface area contributed by atoms with Gasteiger partial charge in [-0.15, -0.1) is 0 Å². The van der Waals surface area contributed by atoms with Crippen molar-refractivity contribution in [3.8, 4) is 0 Å². The molecule has 0 aromatic heterocycles. The number of primary amides is 1. The molecule has 0 saturated carbocycles. The lowest BCUT2D eigenvalue weighted by atomic mass is 9.98. The molecule has 2 saturated heterocycles. The first-order chi connectivity index (χ1) is 8.93. The Balaban J connectivity index is 2.03. The van der Waals surface area contributed by atoms with E-state index < -0.39 is 10.2 Å². The van der Waals surface area contributed by atoms with E-state index in [0.29, 0.717) is 32.5 Å². The first-order valence-electron chi connectivity index (χ1n) is 6.99. The van der Waals surface area contributed by atoms with Gasteiger partial charge in [0.05, 0.1) is 0 Å². The molecule has 2 N–H and O–H groups in total. The van der Waals surface area contributed by atoms with Crippen molar-refractivity contribution in [2.24, 2.45) is 11.7 Å². The fraction of sp³-hybridized carbons (Fsp3) is 0.917. The minimum atomic E-state index is -3.37. The molecule has 2 rings (SSSR count). The minimum Gasteiger partial charge on any atom is -0.369 e. The molecule has 0 aliphatic carbocycles. The summed E-state index contributed by atoms with van der Waals surface area (Å²) < 4.78 is 28.2. The highest BCUT2D eigenvalue weighted by Crippen LogP contribution is 2.26. The van der Waals surface area contributed by atoms with E-state index in [4.69, 9.17) is 5.73 Å². The quantitative estimate of drug-likeness (QED) is 0.811. The predicted molar refractivity (Wildman–Crippen MR) is 72.4 cm³/mol. The van der Waals surface area contributed by atoms with Gasteiger partial charge in [-0.05, 0) is 32.6 Å². The first-order valence-corrected chi connectivity index (χ1v) is 8.39. The lowest BCUT2D eigenvalue weighted by Gasteiger charge is -2.38. The Labute approximate surface area is 115 Å². The highest BCUT2D eigenvalue weighted by molar-refractivity contribution is 7.86. The zero-order valence-electron chi connectivity index (χ0n) is 11.4. The molecular weight excluding hydrogens is 266 g/mol. The number of rotatable bonds is 3. The number of carbonyl (C=O) groups excluding carboxylic acids is 1. The van der Waals surface area contributed by atoms with E-state index in [9.17, 15) is 13.2 Å². The normalized spacial score (nSPS) is 28.4. The van der Waals surface area contributed by atoms with Gasteiger partial charge in [0, 0.05) is 31.6 Å². The van der Waals surface area contributed by atoms with Crippen LogP contribution in [0.25, 0.3) is 0 Å². The van der Waals surface area contributed by atoms with Crippen LogP contribution in [-0.2, 0) is 15.0 Å². The van der Waals surface area contributed by atoms with Crippen LogP contribution in [0.2, 0.25) is 0 Å². The van der Waals surface area contributed by atoms with Gasteiger partial charge in [0.1, 0.15) is 0 Å². The number of carbonyl (C=O) groups is 1. The van der Waals surface area contributed by atoms with E-state index in [1.807, 2.05) is 6.92 Å². The molecule has 0 aromatic carbocycles. The molecule has 2 fully saturated rings. The largest absolute Gasteiger partial charge is 0.369 e. The topological polar surface area (TPSA) is 83.7 Å². The maximum absolute atomic E-state index is 12.6. The number of hydrogen-bond acceptors (Lipinski definition) is 3. The Morgan fingerprint density at radius 3 is 2.26 bits per heavy atom. The van der Waals surface area contributed by atoms with E-state index in [0.717, 1.165) is 19.3 Å². The lowest BCUT2D eigenvalue weighted by molar-refractivity contribution is -0.122. The van der Waals surface area contributed by atoms with Crippen molar-refractivity contribution in [1.82, 2.24) is 8.61 Å². The molecule has 2 heterocycles. The van der Waals surface area contributed by atoms with E-state index in [2.05, 4.69) is 0 Å².